The first-order valence-corrected chi connectivity index (χ1v) is 16.5. The summed E-state index contributed by atoms with van der Waals surface area (Å²) in [7, 11) is -1.80. The van der Waals surface area contributed by atoms with Crippen LogP contribution in [0, 0.1) is 11.3 Å². The summed E-state index contributed by atoms with van der Waals surface area (Å²) >= 11 is 6.62. The first kappa shape index (κ1) is 31.0. The van der Waals surface area contributed by atoms with E-state index in [1.165, 1.54) is 17.6 Å². The van der Waals surface area contributed by atoms with Crippen LogP contribution in [0.3, 0.4) is 0 Å². The number of hydrogen-bond acceptors (Lipinski definition) is 7. The quantitative estimate of drug-likeness (QED) is 0.271. The summed E-state index contributed by atoms with van der Waals surface area (Å²) < 4.78 is 25.6. The highest BCUT2D eigenvalue weighted by molar-refractivity contribution is 7.88. The topological polar surface area (TPSA) is 183 Å². The largest absolute Gasteiger partial charge is 0.465 e. The highest BCUT2D eigenvalue weighted by Gasteiger charge is 2.43. The van der Waals surface area contributed by atoms with E-state index in [0.29, 0.717) is 82.3 Å². The molecular weight excluding hydrogens is 598 g/mol. The average Bonchev–Trinajstić information content (AvgIpc) is 3.60. The number of H-pyrrole nitrogens is 1. The van der Waals surface area contributed by atoms with E-state index in [0.717, 1.165) is 10.5 Å². The van der Waals surface area contributed by atoms with Gasteiger partial charge >= 0.3 is 6.09 Å². The van der Waals surface area contributed by atoms with Crippen molar-refractivity contribution in [2.75, 3.05) is 64.0 Å². The average molecular weight is 636 g/mol. The molecule has 2 amide bonds. The van der Waals surface area contributed by atoms with Gasteiger partial charge in [0.15, 0.2) is 11.1 Å². The van der Waals surface area contributed by atoms with Crippen LogP contribution < -0.4 is 10.6 Å². The lowest BCUT2D eigenvalue weighted by atomic mass is 9.95. The van der Waals surface area contributed by atoms with Crippen LogP contribution in [0.4, 0.5) is 10.5 Å². The van der Waals surface area contributed by atoms with Crippen LogP contribution in [-0.4, -0.2) is 126 Å². The Labute approximate surface area is 255 Å². The van der Waals surface area contributed by atoms with Crippen molar-refractivity contribution in [1.82, 2.24) is 29.0 Å². The SMILES string of the molecule is CN(C(=O)O)c1ccc(-c2[nH]c([C@@H]3C[C@H](N4CCN(S(C)(=O)=O)CC4)CN3C(=O)C3CCN(C(=N)N)CC3)nc2Cl)cc1. The lowest BCUT2D eigenvalue weighted by Crippen LogP contribution is -2.52. The minimum absolute atomic E-state index is 0.0126. The molecule has 2 atom stereocenters. The summed E-state index contributed by atoms with van der Waals surface area (Å²) in [6, 6.07) is 6.56. The molecule has 5 rings (SSSR count). The maximum atomic E-state index is 14.0. The molecule has 0 spiro atoms. The number of carbonyl (C=O) groups excluding carboxylic acids is 1. The van der Waals surface area contributed by atoms with Crippen molar-refractivity contribution in [1.29, 1.82) is 5.41 Å². The Hall–Kier alpha value is -3.40. The van der Waals surface area contributed by atoms with Gasteiger partial charge in [0.25, 0.3) is 0 Å². The zero-order valence-electron chi connectivity index (χ0n) is 24.2. The van der Waals surface area contributed by atoms with Crippen LogP contribution in [0.25, 0.3) is 11.3 Å². The third-order valence-corrected chi connectivity index (χ3v) is 10.4. The smallest absolute Gasteiger partial charge is 0.411 e. The number of sulfonamides is 1. The number of carboxylic acid groups (broad SMARTS) is 1. The molecule has 4 heterocycles. The highest BCUT2D eigenvalue weighted by Crippen LogP contribution is 2.38. The van der Waals surface area contributed by atoms with Gasteiger partial charge in [0, 0.05) is 76.1 Å². The fourth-order valence-corrected chi connectivity index (χ4v) is 7.34. The molecule has 3 aliphatic heterocycles. The Morgan fingerprint density at radius 3 is 2.30 bits per heavy atom. The van der Waals surface area contributed by atoms with Crippen LogP contribution >= 0.6 is 11.6 Å². The Balaban J connectivity index is 1.38. The number of anilines is 1. The van der Waals surface area contributed by atoms with Gasteiger partial charge < -0.3 is 25.6 Å². The van der Waals surface area contributed by atoms with Crippen molar-refractivity contribution in [3.63, 3.8) is 0 Å². The number of nitrogens with zero attached hydrogens (tertiary/aromatic N) is 6. The van der Waals surface area contributed by atoms with Gasteiger partial charge in [-0.3, -0.25) is 20.0 Å². The Bertz CT molecular complexity index is 1470. The molecular formula is C27H38ClN9O5S. The molecule has 43 heavy (non-hydrogen) atoms. The molecule has 14 nitrogen and oxygen atoms in total. The molecule has 1 aromatic heterocycles. The van der Waals surface area contributed by atoms with E-state index in [4.69, 9.17) is 22.7 Å². The van der Waals surface area contributed by atoms with Gasteiger partial charge in [-0.15, -0.1) is 0 Å². The number of carbonyl (C=O) groups is 2. The van der Waals surface area contributed by atoms with E-state index in [-0.39, 0.29) is 35.0 Å². The molecule has 0 aliphatic carbocycles. The van der Waals surface area contributed by atoms with E-state index in [9.17, 15) is 23.1 Å². The van der Waals surface area contributed by atoms with E-state index >= 15 is 0 Å². The molecule has 234 valence electrons. The summed E-state index contributed by atoms with van der Waals surface area (Å²) in [5.74, 6) is 0.403. The molecule has 0 unspecified atom stereocenters. The minimum Gasteiger partial charge on any atom is -0.465 e. The predicted molar refractivity (Wildman–Crippen MR) is 163 cm³/mol. The van der Waals surface area contributed by atoms with Crippen LogP contribution in [0.1, 0.15) is 31.1 Å². The van der Waals surface area contributed by atoms with E-state index < -0.39 is 16.1 Å². The summed E-state index contributed by atoms with van der Waals surface area (Å²) in [4.78, 5) is 40.3. The molecule has 0 bridgehead atoms. The molecule has 3 aliphatic rings. The fourth-order valence-electron chi connectivity index (χ4n) is 6.26. The number of nitrogens with two attached hydrogens (primary N) is 1. The molecule has 3 fully saturated rings. The number of aromatic amines is 1. The summed E-state index contributed by atoms with van der Waals surface area (Å²) in [5.41, 5.74) is 7.48. The lowest BCUT2D eigenvalue weighted by Gasteiger charge is -2.37. The normalized spacial score (nSPS) is 22.6. The Morgan fingerprint density at radius 1 is 1.12 bits per heavy atom. The zero-order valence-corrected chi connectivity index (χ0v) is 25.8. The van der Waals surface area contributed by atoms with Crippen molar-refractivity contribution in [3.8, 4) is 11.3 Å². The van der Waals surface area contributed by atoms with Gasteiger partial charge in [-0.25, -0.2) is 18.2 Å². The number of likely N-dealkylation sites (tertiary alicyclic amines) is 2. The van der Waals surface area contributed by atoms with Gasteiger partial charge in [-0.05, 0) is 31.4 Å². The van der Waals surface area contributed by atoms with Crippen molar-refractivity contribution in [3.05, 3.63) is 35.2 Å². The van der Waals surface area contributed by atoms with Crippen molar-refractivity contribution in [2.45, 2.75) is 31.3 Å². The van der Waals surface area contributed by atoms with Gasteiger partial charge in [0.05, 0.1) is 18.0 Å². The fraction of sp³-hybridized carbons (Fsp3) is 0.556. The lowest BCUT2D eigenvalue weighted by molar-refractivity contribution is -0.138. The van der Waals surface area contributed by atoms with Crippen LogP contribution in [0.5, 0.6) is 0 Å². The molecule has 1 aromatic carbocycles. The second-order valence-corrected chi connectivity index (χ2v) is 13.8. The van der Waals surface area contributed by atoms with Crippen molar-refractivity contribution >= 4 is 45.3 Å². The van der Waals surface area contributed by atoms with Gasteiger partial charge in [-0.2, -0.15) is 4.31 Å². The number of guanidine groups is 1. The van der Waals surface area contributed by atoms with E-state index in [1.807, 2.05) is 4.90 Å². The second kappa shape index (κ2) is 12.3. The third-order valence-electron chi connectivity index (χ3n) is 8.83. The van der Waals surface area contributed by atoms with E-state index in [2.05, 4.69) is 14.9 Å². The van der Waals surface area contributed by atoms with Gasteiger partial charge in [-0.1, -0.05) is 23.7 Å². The number of amides is 2. The van der Waals surface area contributed by atoms with E-state index in [1.54, 1.807) is 29.2 Å². The van der Waals surface area contributed by atoms with Crippen LogP contribution in [-0.2, 0) is 14.8 Å². The monoisotopic (exact) mass is 635 g/mol. The number of benzene rings is 1. The maximum Gasteiger partial charge on any atom is 0.411 e. The third kappa shape index (κ3) is 6.59. The Kier molecular flexibility index (Phi) is 8.88. The number of piperidine rings is 1. The number of halogens is 1. The van der Waals surface area contributed by atoms with Crippen LogP contribution in [0.2, 0.25) is 5.15 Å². The predicted octanol–water partition coefficient (Wildman–Crippen LogP) is 1.67. The number of rotatable bonds is 6. The number of nitrogens with one attached hydrogen (secondary N) is 2. The van der Waals surface area contributed by atoms with Crippen molar-refractivity contribution in [2.24, 2.45) is 11.7 Å². The Morgan fingerprint density at radius 2 is 1.74 bits per heavy atom. The van der Waals surface area contributed by atoms with Gasteiger partial charge in [0.2, 0.25) is 15.9 Å². The molecule has 0 saturated carbocycles. The molecule has 3 saturated heterocycles. The zero-order chi connectivity index (χ0) is 31.1. The number of aromatic nitrogens is 2. The minimum atomic E-state index is -3.26. The first-order chi connectivity index (χ1) is 20.3. The molecule has 2 aromatic rings. The number of hydrogen-bond donors (Lipinski definition) is 4. The van der Waals surface area contributed by atoms with Gasteiger partial charge in [0.1, 0.15) is 5.82 Å². The number of piperazine rings is 1. The number of imidazole rings is 1. The maximum absolute atomic E-state index is 14.0. The van der Waals surface area contributed by atoms with Crippen LogP contribution in [0.15, 0.2) is 24.3 Å². The molecule has 0 radical (unpaired) electrons. The first-order valence-electron chi connectivity index (χ1n) is 14.2. The second-order valence-electron chi connectivity index (χ2n) is 11.4. The summed E-state index contributed by atoms with van der Waals surface area (Å²) in [6.45, 7) is 3.53. The standard InChI is InChI=1S/C27H38ClN9O5S/c1-33(27(39)40)19-5-3-17(4-6-19)22-23(28)32-24(31-22)21-15-20(34-11-13-36(14-12-34)43(2,41)42)16-37(21)25(38)18-7-9-35(10-8-18)26(29)30/h3-6,18,20-21H,7-16H2,1-2H3,(H3,29,30)(H,31,32)(H,39,40)/t20-,21-/m0/s1. The molecule has 16 heteroatoms. The highest BCUT2D eigenvalue weighted by atomic mass is 35.5. The molecule has 5 N–H and O–H groups in total. The van der Waals surface area contributed by atoms with Crippen molar-refractivity contribution < 1.29 is 23.1 Å². The summed E-state index contributed by atoms with van der Waals surface area (Å²) in [6.07, 6.45) is 1.96. The summed E-state index contributed by atoms with van der Waals surface area (Å²) in [5, 5.41) is 17.2.